The van der Waals surface area contributed by atoms with E-state index in [-0.39, 0.29) is 46.9 Å². The van der Waals surface area contributed by atoms with E-state index < -0.39 is 23.9 Å². The number of hydrogen-bond acceptors (Lipinski definition) is 6. The van der Waals surface area contributed by atoms with Crippen LogP contribution in [0.5, 0.6) is 0 Å². The zero-order valence-electron chi connectivity index (χ0n) is 20.5. The van der Waals surface area contributed by atoms with Crippen molar-refractivity contribution in [2.75, 3.05) is 6.54 Å². The number of aliphatic hydroxyl groups is 3. The summed E-state index contributed by atoms with van der Waals surface area (Å²) in [5, 5.41) is 36.2. The maximum absolute atomic E-state index is 13.3. The van der Waals surface area contributed by atoms with Crippen LogP contribution < -0.4 is 5.32 Å². The van der Waals surface area contributed by atoms with Crippen LogP contribution in [0, 0.1) is 40.9 Å². The summed E-state index contributed by atoms with van der Waals surface area (Å²) in [4.78, 5) is 13.3. The van der Waals surface area contributed by atoms with Gasteiger partial charge in [-0.1, -0.05) is 26.3 Å². The van der Waals surface area contributed by atoms with Crippen molar-refractivity contribution in [2.24, 2.45) is 40.9 Å². The van der Waals surface area contributed by atoms with E-state index in [4.69, 9.17) is 4.74 Å². The van der Waals surface area contributed by atoms with Gasteiger partial charge in [0.15, 0.2) is 0 Å². The second-order valence-electron chi connectivity index (χ2n) is 12.8. The van der Waals surface area contributed by atoms with Gasteiger partial charge in [0.05, 0.1) is 30.0 Å². The lowest BCUT2D eigenvalue weighted by Gasteiger charge is -2.54. The number of rotatable bonds is 0. The van der Waals surface area contributed by atoms with Crippen LogP contribution in [0.3, 0.4) is 0 Å². The zero-order valence-corrected chi connectivity index (χ0v) is 20.5. The van der Waals surface area contributed by atoms with Crippen molar-refractivity contribution in [1.29, 1.82) is 0 Å². The van der Waals surface area contributed by atoms with Crippen LogP contribution in [0.25, 0.3) is 0 Å². The molecule has 3 saturated carbocycles. The summed E-state index contributed by atoms with van der Waals surface area (Å²) >= 11 is 0. The average Bonchev–Trinajstić information content (AvgIpc) is 3.26. The van der Waals surface area contributed by atoms with Crippen molar-refractivity contribution in [3.05, 3.63) is 11.1 Å². The summed E-state index contributed by atoms with van der Waals surface area (Å²) in [6.45, 7) is 9.96. The number of aliphatic hydroxyl groups excluding tert-OH is 3. The SMILES string of the molecule is CC1=C2C[C@H]3[C@@H](CC(=O)[C@@H]4C[C@H](O)[C@@H](O)C[C@@]43C)[C@@H]2[C@H](O)C[C@]12O[C@H]1C[C@H](C)CN[C@H]1[C@H]2C. The molecule has 6 aliphatic rings. The molecule has 6 heteroatoms. The molecule has 13 atom stereocenters. The molecule has 0 radical (unpaired) electrons. The van der Waals surface area contributed by atoms with Gasteiger partial charge in [0.2, 0.25) is 0 Å². The number of ketones is 1. The van der Waals surface area contributed by atoms with Crippen molar-refractivity contribution in [2.45, 2.75) is 102 Å². The lowest BCUT2D eigenvalue weighted by molar-refractivity contribution is -0.159. The summed E-state index contributed by atoms with van der Waals surface area (Å²) in [5.74, 6) is 1.28. The summed E-state index contributed by atoms with van der Waals surface area (Å²) in [6, 6.07) is 0.322. The Kier molecular flexibility index (Phi) is 5.05. The van der Waals surface area contributed by atoms with Crippen LogP contribution in [-0.4, -0.2) is 63.7 Å². The average molecular weight is 460 g/mol. The first kappa shape index (κ1) is 22.7. The number of ether oxygens (including phenoxy) is 1. The predicted molar refractivity (Wildman–Crippen MR) is 123 cm³/mol. The molecule has 4 aliphatic carbocycles. The fourth-order valence-electron chi connectivity index (χ4n) is 9.53. The summed E-state index contributed by atoms with van der Waals surface area (Å²) < 4.78 is 6.88. The Morgan fingerprint density at radius 2 is 1.79 bits per heavy atom. The molecule has 6 rings (SSSR count). The third-order valence-corrected chi connectivity index (χ3v) is 11.3. The van der Waals surface area contributed by atoms with E-state index in [0.717, 1.165) is 19.4 Å². The largest absolute Gasteiger partial charge is 0.392 e. The van der Waals surface area contributed by atoms with Gasteiger partial charge in [-0.3, -0.25) is 4.79 Å². The number of hydrogen-bond donors (Lipinski definition) is 4. The van der Waals surface area contributed by atoms with E-state index in [9.17, 15) is 20.1 Å². The smallest absolute Gasteiger partial charge is 0.136 e. The molecule has 184 valence electrons. The summed E-state index contributed by atoms with van der Waals surface area (Å²) in [5.41, 5.74) is 1.85. The van der Waals surface area contributed by atoms with Gasteiger partial charge in [0.1, 0.15) is 5.78 Å². The van der Waals surface area contributed by atoms with E-state index in [2.05, 4.69) is 33.0 Å². The molecule has 1 spiro atoms. The number of carbonyl (C=O) groups excluding carboxylic acids is 1. The van der Waals surface area contributed by atoms with Gasteiger partial charge in [0, 0.05) is 36.6 Å². The Morgan fingerprint density at radius 1 is 1.03 bits per heavy atom. The molecule has 4 N–H and O–H groups in total. The fraction of sp³-hybridized carbons (Fsp3) is 0.889. The molecule has 0 amide bonds. The van der Waals surface area contributed by atoms with Crippen molar-refractivity contribution >= 4 is 5.78 Å². The van der Waals surface area contributed by atoms with E-state index in [1.54, 1.807) is 0 Å². The van der Waals surface area contributed by atoms with Crippen LogP contribution in [0.15, 0.2) is 11.1 Å². The Balaban J connectivity index is 1.38. The highest BCUT2D eigenvalue weighted by Crippen LogP contribution is 2.65. The van der Waals surface area contributed by atoms with Crippen LogP contribution in [0.1, 0.15) is 66.2 Å². The molecular weight excluding hydrogens is 418 g/mol. The maximum Gasteiger partial charge on any atom is 0.136 e. The molecule has 0 bridgehead atoms. The topological polar surface area (TPSA) is 99.0 Å². The number of carbonyl (C=O) groups is 1. The maximum atomic E-state index is 13.3. The third kappa shape index (κ3) is 2.94. The Morgan fingerprint density at radius 3 is 2.55 bits per heavy atom. The van der Waals surface area contributed by atoms with Gasteiger partial charge in [-0.25, -0.2) is 0 Å². The predicted octanol–water partition coefficient (Wildman–Crippen LogP) is 2.20. The molecule has 0 aromatic heterocycles. The third-order valence-electron chi connectivity index (χ3n) is 11.3. The zero-order chi connectivity index (χ0) is 23.4. The van der Waals surface area contributed by atoms with Gasteiger partial charge in [-0.2, -0.15) is 0 Å². The van der Waals surface area contributed by atoms with Crippen LogP contribution >= 0.6 is 0 Å². The lowest BCUT2D eigenvalue weighted by atomic mass is 9.51. The van der Waals surface area contributed by atoms with E-state index in [0.29, 0.717) is 37.6 Å². The second kappa shape index (κ2) is 7.36. The van der Waals surface area contributed by atoms with Gasteiger partial charge in [-0.15, -0.1) is 0 Å². The van der Waals surface area contributed by atoms with Gasteiger partial charge in [-0.05, 0) is 67.9 Å². The van der Waals surface area contributed by atoms with Crippen LogP contribution in [0.4, 0.5) is 0 Å². The molecule has 0 aromatic carbocycles. The molecule has 0 unspecified atom stereocenters. The minimum Gasteiger partial charge on any atom is -0.392 e. The highest BCUT2D eigenvalue weighted by molar-refractivity contribution is 5.83. The number of nitrogens with one attached hydrogen (secondary N) is 1. The first-order valence-corrected chi connectivity index (χ1v) is 13.2. The molecule has 5 fully saturated rings. The normalized spacial score (nSPS) is 58.2. The first-order valence-electron chi connectivity index (χ1n) is 13.2. The number of fused-ring (bicyclic) bond motifs is 6. The van der Waals surface area contributed by atoms with Crippen LogP contribution in [-0.2, 0) is 9.53 Å². The molecule has 2 saturated heterocycles. The first-order chi connectivity index (χ1) is 15.6. The van der Waals surface area contributed by atoms with E-state index in [1.165, 1.54) is 11.1 Å². The minimum atomic E-state index is -0.812. The Labute approximate surface area is 197 Å². The van der Waals surface area contributed by atoms with Gasteiger partial charge in [0.25, 0.3) is 0 Å². The Bertz CT molecular complexity index is 888. The number of piperidine rings is 1. The number of Topliss-reactive ketones (excluding diaryl/α,β-unsaturated/α-hetero) is 1. The molecule has 33 heavy (non-hydrogen) atoms. The second-order valence-corrected chi connectivity index (χ2v) is 12.8. The van der Waals surface area contributed by atoms with Crippen molar-refractivity contribution in [3.8, 4) is 0 Å². The summed E-state index contributed by atoms with van der Waals surface area (Å²) in [6.07, 6.45) is 1.94. The fourth-order valence-corrected chi connectivity index (χ4v) is 9.53. The Hall–Kier alpha value is -0.790. The lowest BCUT2D eigenvalue weighted by Crippen LogP contribution is -2.56. The van der Waals surface area contributed by atoms with Crippen molar-refractivity contribution in [3.63, 3.8) is 0 Å². The van der Waals surface area contributed by atoms with Crippen molar-refractivity contribution in [1.82, 2.24) is 5.32 Å². The van der Waals surface area contributed by atoms with Gasteiger partial charge < -0.3 is 25.4 Å². The molecule has 6 nitrogen and oxygen atoms in total. The van der Waals surface area contributed by atoms with E-state index in [1.807, 2.05) is 0 Å². The summed E-state index contributed by atoms with van der Waals surface area (Å²) in [7, 11) is 0. The van der Waals surface area contributed by atoms with Crippen molar-refractivity contribution < 1.29 is 24.9 Å². The standard InChI is InChI=1S/C27H41NO5/c1-12-5-23-25(28-11-12)14(3)27(33-23)10-22(32)24-15(13(27)2)6-17-16(24)7-19(29)18-8-20(30)21(31)9-26(17,18)4/h12,14,16-18,20-25,28,30-32H,5-11H2,1-4H3/t12-,14+,16+,17-,18-,20-,21-,22+,23-,24+,25-,26+,27-/m0/s1. The molecule has 0 aromatic rings. The van der Waals surface area contributed by atoms with E-state index >= 15 is 0 Å². The quantitative estimate of drug-likeness (QED) is 0.415. The minimum absolute atomic E-state index is 0.0108. The highest BCUT2D eigenvalue weighted by atomic mass is 16.5. The van der Waals surface area contributed by atoms with Gasteiger partial charge >= 0.3 is 0 Å². The molecule has 2 heterocycles. The highest BCUT2D eigenvalue weighted by Gasteiger charge is 2.65. The monoisotopic (exact) mass is 459 g/mol. The molecular formula is C27H41NO5. The molecule has 2 aliphatic heterocycles. The van der Waals surface area contributed by atoms with Crippen LogP contribution in [0.2, 0.25) is 0 Å².